The fraction of sp³-hybridized carbons (Fsp3) is 0.125. The number of rotatable bonds is 4. The first-order chi connectivity index (χ1) is 10.8. The third-order valence-corrected chi connectivity index (χ3v) is 4.18. The average Bonchev–Trinajstić information content (AvgIpc) is 3.04. The number of aromatic nitrogens is 4. The number of hydrogen-bond acceptors (Lipinski definition) is 5. The van der Waals surface area contributed by atoms with Crippen molar-refractivity contribution >= 4 is 16.9 Å². The number of nitrogens with zero attached hydrogens (tertiary/aromatic N) is 4. The third kappa shape index (κ3) is 3.07. The molecule has 1 heterocycles. The van der Waals surface area contributed by atoms with Crippen LogP contribution < -0.4 is 0 Å². The van der Waals surface area contributed by atoms with Crippen LogP contribution >= 0.6 is 11.8 Å². The van der Waals surface area contributed by atoms with Crippen LogP contribution in [-0.4, -0.2) is 25.3 Å². The van der Waals surface area contributed by atoms with E-state index in [9.17, 15) is 4.79 Å². The predicted octanol–water partition coefficient (Wildman–Crippen LogP) is 3.21. The first-order valence-electron chi connectivity index (χ1n) is 6.86. The van der Waals surface area contributed by atoms with Gasteiger partial charge in [0.2, 0.25) is 10.3 Å². The molecule has 0 radical (unpaired) electrons. The number of hydrogen-bond donors (Lipinski definition) is 0. The van der Waals surface area contributed by atoms with Gasteiger partial charge in [-0.1, -0.05) is 60.7 Å². The summed E-state index contributed by atoms with van der Waals surface area (Å²) in [7, 11) is 0. The molecule has 0 saturated carbocycles. The van der Waals surface area contributed by atoms with Gasteiger partial charge in [0.25, 0.3) is 0 Å². The third-order valence-electron chi connectivity index (χ3n) is 3.30. The van der Waals surface area contributed by atoms with Gasteiger partial charge >= 0.3 is 0 Å². The van der Waals surface area contributed by atoms with E-state index in [1.54, 1.807) is 16.8 Å². The Kier molecular flexibility index (Phi) is 4.29. The van der Waals surface area contributed by atoms with Gasteiger partial charge in [0.05, 0.1) is 6.04 Å². The second-order valence-corrected chi connectivity index (χ2v) is 5.69. The molecule has 0 fully saturated rings. The summed E-state index contributed by atoms with van der Waals surface area (Å²) in [6, 6.07) is 19.0. The summed E-state index contributed by atoms with van der Waals surface area (Å²) >= 11 is 1.04. The minimum atomic E-state index is -0.0723. The highest BCUT2D eigenvalue weighted by Crippen LogP contribution is 2.25. The van der Waals surface area contributed by atoms with E-state index in [4.69, 9.17) is 0 Å². The Hall–Kier alpha value is -2.47. The molecule has 3 aromatic rings. The lowest BCUT2D eigenvalue weighted by Crippen LogP contribution is -2.11. The van der Waals surface area contributed by atoms with Gasteiger partial charge in [-0.05, 0) is 34.7 Å². The van der Waals surface area contributed by atoms with Gasteiger partial charge in [-0.3, -0.25) is 4.79 Å². The van der Waals surface area contributed by atoms with E-state index in [0.717, 1.165) is 17.3 Å². The number of tetrazole rings is 1. The number of thioether (sulfide) groups is 1. The van der Waals surface area contributed by atoms with Crippen LogP contribution in [0.25, 0.3) is 0 Å². The predicted molar refractivity (Wildman–Crippen MR) is 84.7 cm³/mol. The van der Waals surface area contributed by atoms with E-state index in [2.05, 4.69) is 15.5 Å². The standard InChI is InChI=1S/C16H14N4OS/c1-12(13-8-4-2-5-9-13)20-16(17-18-19-20)22-15(21)14-10-6-3-7-11-14/h2-12H,1H3/t12-/m0/s1. The van der Waals surface area contributed by atoms with Gasteiger partial charge < -0.3 is 0 Å². The van der Waals surface area contributed by atoms with E-state index < -0.39 is 0 Å². The van der Waals surface area contributed by atoms with Crippen molar-refractivity contribution in [3.8, 4) is 0 Å². The number of carbonyl (C=O) groups is 1. The first-order valence-corrected chi connectivity index (χ1v) is 7.67. The summed E-state index contributed by atoms with van der Waals surface area (Å²) in [6.45, 7) is 2.00. The molecule has 0 spiro atoms. The molecular weight excluding hydrogens is 296 g/mol. The summed E-state index contributed by atoms with van der Waals surface area (Å²) in [5, 5.41) is 12.1. The Bertz CT molecular complexity index is 758. The molecule has 0 aliphatic carbocycles. The molecule has 22 heavy (non-hydrogen) atoms. The molecule has 5 nitrogen and oxygen atoms in total. The zero-order valence-corrected chi connectivity index (χ0v) is 12.8. The molecular formula is C16H14N4OS. The van der Waals surface area contributed by atoms with Crippen LogP contribution in [-0.2, 0) is 0 Å². The Morgan fingerprint density at radius 1 is 1.05 bits per heavy atom. The number of benzene rings is 2. The SMILES string of the molecule is C[C@@H](c1ccccc1)n1nnnc1SC(=O)c1ccccc1. The zero-order chi connectivity index (χ0) is 15.4. The quantitative estimate of drug-likeness (QED) is 0.692. The summed E-state index contributed by atoms with van der Waals surface area (Å²) in [5.74, 6) is 0. The molecule has 2 aromatic carbocycles. The average molecular weight is 310 g/mol. The minimum Gasteiger partial charge on any atom is -0.281 e. The molecule has 0 unspecified atom stereocenters. The van der Waals surface area contributed by atoms with E-state index in [0.29, 0.717) is 10.7 Å². The molecule has 1 atom stereocenters. The smallest absolute Gasteiger partial charge is 0.227 e. The van der Waals surface area contributed by atoms with Crippen molar-refractivity contribution in [3.63, 3.8) is 0 Å². The fourth-order valence-electron chi connectivity index (χ4n) is 2.08. The van der Waals surface area contributed by atoms with Gasteiger partial charge in [-0.2, -0.15) is 0 Å². The van der Waals surface area contributed by atoms with E-state index in [1.807, 2.05) is 55.5 Å². The Labute approximate surface area is 132 Å². The van der Waals surface area contributed by atoms with Crippen molar-refractivity contribution in [3.05, 3.63) is 71.8 Å². The van der Waals surface area contributed by atoms with Crippen LogP contribution in [0.3, 0.4) is 0 Å². The fourth-order valence-corrected chi connectivity index (χ4v) is 2.87. The maximum Gasteiger partial charge on any atom is 0.227 e. The van der Waals surface area contributed by atoms with Crippen molar-refractivity contribution in [2.24, 2.45) is 0 Å². The van der Waals surface area contributed by atoms with Crippen LogP contribution in [0.1, 0.15) is 28.9 Å². The number of carbonyl (C=O) groups excluding carboxylic acids is 1. The summed E-state index contributed by atoms with van der Waals surface area (Å²) in [6.07, 6.45) is 0. The van der Waals surface area contributed by atoms with Gasteiger partial charge in [-0.25, -0.2) is 4.68 Å². The molecule has 3 rings (SSSR count). The molecule has 0 saturated heterocycles. The normalized spacial score (nSPS) is 12.0. The van der Waals surface area contributed by atoms with Crippen LogP contribution in [0, 0.1) is 0 Å². The van der Waals surface area contributed by atoms with Crippen molar-refractivity contribution in [2.75, 3.05) is 0 Å². The first kappa shape index (κ1) is 14.5. The van der Waals surface area contributed by atoms with Gasteiger partial charge in [-0.15, -0.1) is 5.10 Å². The lowest BCUT2D eigenvalue weighted by atomic mass is 10.1. The van der Waals surface area contributed by atoms with E-state index in [-0.39, 0.29) is 11.2 Å². The molecule has 1 aromatic heterocycles. The van der Waals surface area contributed by atoms with Crippen molar-refractivity contribution in [1.82, 2.24) is 20.2 Å². The summed E-state index contributed by atoms with van der Waals surface area (Å²) in [4.78, 5) is 12.3. The van der Waals surface area contributed by atoms with Crippen molar-refractivity contribution < 1.29 is 4.79 Å². The van der Waals surface area contributed by atoms with Crippen LogP contribution in [0.15, 0.2) is 65.8 Å². The van der Waals surface area contributed by atoms with Crippen molar-refractivity contribution in [2.45, 2.75) is 18.1 Å². The molecule has 0 bridgehead atoms. The second kappa shape index (κ2) is 6.53. The van der Waals surface area contributed by atoms with Gasteiger partial charge in [0.15, 0.2) is 0 Å². The maximum atomic E-state index is 12.3. The molecule has 110 valence electrons. The highest BCUT2D eigenvalue weighted by Gasteiger charge is 2.18. The van der Waals surface area contributed by atoms with Gasteiger partial charge in [0, 0.05) is 5.56 Å². The lowest BCUT2D eigenvalue weighted by Gasteiger charge is -2.13. The molecule has 0 aliphatic rings. The zero-order valence-electron chi connectivity index (χ0n) is 12.0. The largest absolute Gasteiger partial charge is 0.281 e. The highest BCUT2D eigenvalue weighted by molar-refractivity contribution is 8.14. The molecule has 0 aliphatic heterocycles. The Morgan fingerprint density at radius 2 is 1.68 bits per heavy atom. The Balaban J connectivity index is 1.82. The molecule has 0 amide bonds. The second-order valence-electron chi connectivity index (χ2n) is 4.75. The minimum absolute atomic E-state index is 0.0396. The van der Waals surface area contributed by atoms with E-state index >= 15 is 0 Å². The monoisotopic (exact) mass is 310 g/mol. The summed E-state index contributed by atoms with van der Waals surface area (Å²) < 4.78 is 1.67. The molecule has 6 heteroatoms. The summed E-state index contributed by atoms with van der Waals surface area (Å²) in [5.41, 5.74) is 1.72. The highest BCUT2D eigenvalue weighted by atomic mass is 32.2. The lowest BCUT2D eigenvalue weighted by molar-refractivity contribution is 0.108. The van der Waals surface area contributed by atoms with Crippen LogP contribution in [0.4, 0.5) is 0 Å². The van der Waals surface area contributed by atoms with Crippen molar-refractivity contribution in [1.29, 1.82) is 0 Å². The van der Waals surface area contributed by atoms with Gasteiger partial charge in [0.1, 0.15) is 0 Å². The maximum absolute atomic E-state index is 12.3. The molecule has 0 N–H and O–H groups in total. The van der Waals surface area contributed by atoms with E-state index in [1.165, 1.54) is 0 Å². The Morgan fingerprint density at radius 3 is 2.36 bits per heavy atom. The topological polar surface area (TPSA) is 60.7 Å². The van der Waals surface area contributed by atoms with Crippen LogP contribution in [0.2, 0.25) is 0 Å². The van der Waals surface area contributed by atoms with Crippen LogP contribution in [0.5, 0.6) is 0 Å².